The van der Waals surface area contributed by atoms with Crippen molar-refractivity contribution in [3.8, 4) is 5.75 Å². The number of nitrogens with zero attached hydrogens (tertiary/aromatic N) is 1. The van der Waals surface area contributed by atoms with Crippen molar-refractivity contribution in [1.82, 2.24) is 5.32 Å². The van der Waals surface area contributed by atoms with E-state index >= 15 is 0 Å². The third-order valence-corrected chi connectivity index (χ3v) is 9.15. The van der Waals surface area contributed by atoms with Gasteiger partial charge in [0.2, 0.25) is 0 Å². The number of rotatable bonds is 3. The van der Waals surface area contributed by atoms with Crippen LogP contribution in [0.25, 0.3) is 0 Å². The summed E-state index contributed by atoms with van der Waals surface area (Å²) >= 11 is 0. The molecule has 182 valence electrons. The van der Waals surface area contributed by atoms with E-state index in [1.165, 1.54) is 86.2 Å². The molecular weight excluding hydrogens is 428 g/mol. The number of anilines is 1. The van der Waals surface area contributed by atoms with E-state index in [-0.39, 0.29) is 0 Å². The van der Waals surface area contributed by atoms with Crippen LogP contribution in [0, 0.1) is 5.41 Å². The fraction of sp³-hybridized carbons (Fsp3) is 0.438. The number of piperidine rings is 1. The number of phenols is 1. The molecule has 2 heterocycles. The average molecular weight is 467 g/mol. The average Bonchev–Trinajstić information content (AvgIpc) is 3.11. The molecule has 1 spiro atoms. The highest BCUT2D eigenvalue weighted by Gasteiger charge is 2.34. The molecular formula is C32H38N2O. The van der Waals surface area contributed by atoms with Crippen molar-refractivity contribution < 1.29 is 5.11 Å². The predicted molar refractivity (Wildman–Crippen MR) is 144 cm³/mol. The largest absolute Gasteiger partial charge is 0.508 e. The maximum Gasteiger partial charge on any atom is 0.115 e. The number of aromatic hydroxyl groups is 1. The van der Waals surface area contributed by atoms with Crippen LogP contribution in [-0.2, 0) is 6.42 Å². The lowest BCUT2D eigenvalue weighted by molar-refractivity contribution is 0.178. The van der Waals surface area contributed by atoms with E-state index in [1.54, 1.807) is 0 Å². The lowest BCUT2D eigenvalue weighted by Gasteiger charge is -2.37. The van der Waals surface area contributed by atoms with Gasteiger partial charge in [-0.05, 0) is 116 Å². The Morgan fingerprint density at radius 3 is 2.40 bits per heavy atom. The van der Waals surface area contributed by atoms with Crippen molar-refractivity contribution in [3.63, 3.8) is 0 Å². The SMILES string of the molecule is Oc1ccc2c(c1)CC[C@H](c1ccccc1)[C@@H]2c1ccc(N2CCCC3(CCNCC3)CC2)cc1. The highest BCUT2D eigenvalue weighted by molar-refractivity contribution is 5.52. The lowest BCUT2D eigenvalue weighted by atomic mass is 9.69. The first-order valence-electron chi connectivity index (χ1n) is 13.6. The van der Waals surface area contributed by atoms with Crippen molar-refractivity contribution in [2.75, 3.05) is 31.1 Å². The molecule has 2 N–H and O–H groups in total. The highest BCUT2D eigenvalue weighted by Crippen LogP contribution is 2.47. The van der Waals surface area contributed by atoms with Crippen molar-refractivity contribution in [2.24, 2.45) is 5.41 Å². The highest BCUT2D eigenvalue weighted by atomic mass is 16.3. The van der Waals surface area contributed by atoms with E-state index in [2.05, 4.69) is 70.9 Å². The molecule has 3 aliphatic rings. The van der Waals surface area contributed by atoms with Gasteiger partial charge < -0.3 is 15.3 Å². The molecule has 0 saturated carbocycles. The summed E-state index contributed by atoms with van der Waals surface area (Å²) in [4.78, 5) is 2.63. The number of aryl methyl sites for hydroxylation is 1. The number of nitrogens with one attached hydrogen (secondary N) is 1. The number of benzene rings is 3. The van der Waals surface area contributed by atoms with Crippen LogP contribution in [0.4, 0.5) is 5.69 Å². The molecule has 0 bridgehead atoms. The summed E-state index contributed by atoms with van der Waals surface area (Å²) in [6.07, 6.45) is 8.82. The summed E-state index contributed by atoms with van der Waals surface area (Å²) in [5.41, 5.74) is 7.42. The maximum atomic E-state index is 10.1. The van der Waals surface area contributed by atoms with Crippen LogP contribution in [0.3, 0.4) is 0 Å². The van der Waals surface area contributed by atoms with Crippen LogP contribution in [0.1, 0.15) is 72.6 Å². The number of hydrogen-bond donors (Lipinski definition) is 2. The minimum Gasteiger partial charge on any atom is -0.508 e. The van der Waals surface area contributed by atoms with Gasteiger partial charge in [-0.1, -0.05) is 48.5 Å². The normalized spacial score (nSPS) is 24.1. The molecule has 0 unspecified atom stereocenters. The van der Waals surface area contributed by atoms with Crippen molar-refractivity contribution in [1.29, 1.82) is 0 Å². The quantitative estimate of drug-likeness (QED) is 0.456. The van der Waals surface area contributed by atoms with E-state index in [9.17, 15) is 5.11 Å². The first-order valence-corrected chi connectivity index (χ1v) is 13.6. The molecule has 0 amide bonds. The summed E-state index contributed by atoms with van der Waals surface area (Å²) in [7, 11) is 0. The first kappa shape index (κ1) is 22.7. The van der Waals surface area contributed by atoms with Gasteiger partial charge in [-0.25, -0.2) is 0 Å². The second-order valence-corrected chi connectivity index (χ2v) is 11.1. The zero-order valence-electron chi connectivity index (χ0n) is 20.8. The maximum absolute atomic E-state index is 10.1. The van der Waals surface area contributed by atoms with Gasteiger partial charge in [-0.3, -0.25) is 0 Å². The Labute approximate surface area is 210 Å². The second kappa shape index (κ2) is 9.70. The van der Waals surface area contributed by atoms with Gasteiger partial charge >= 0.3 is 0 Å². The van der Waals surface area contributed by atoms with E-state index in [1.807, 2.05) is 12.1 Å². The van der Waals surface area contributed by atoms with Gasteiger partial charge in [-0.2, -0.15) is 0 Å². The van der Waals surface area contributed by atoms with E-state index < -0.39 is 0 Å². The van der Waals surface area contributed by atoms with Crippen LogP contribution in [0.5, 0.6) is 5.75 Å². The van der Waals surface area contributed by atoms with Gasteiger partial charge in [0.15, 0.2) is 0 Å². The van der Waals surface area contributed by atoms with E-state index in [0.29, 0.717) is 23.0 Å². The molecule has 2 saturated heterocycles. The Bertz CT molecular complexity index is 1130. The number of phenolic OH excluding ortho intramolecular Hbond substituents is 1. The third-order valence-electron chi connectivity index (χ3n) is 9.15. The van der Waals surface area contributed by atoms with Crippen molar-refractivity contribution in [3.05, 3.63) is 95.1 Å². The minimum absolute atomic E-state index is 0.318. The van der Waals surface area contributed by atoms with Crippen molar-refractivity contribution in [2.45, 2.75) is 56.8 Å². The summed E-state index contributed by atoms with van der Waals surface area (Å²) < 4.78 is 0. The van der Waals surface area contributed by atoms with Gasteiger partial charge in [0.05, 0.1) is 0 Å². The summed E-state index contributed by atoms with van der Waals surface area (Å²) in [6, 6.07) is 26.5. The number of hydrogen-bond acceptors (Lipinski definition) is 3. The summed E-state index contributed by atoms with van der Waals surface area (Å²) in [6.45, 7) is 4.74. The van der Waals surface area contributed by atoms with Gasteiger partial charge in [0.1, 0.15) is 5.75 Å². The summed E-state index contributed by atoms with van der Waals surface area (Å²) in [5, 5.41) is 13.7. The zero-order valence-corrected chi connectivity index (χ0v) is 20.8. The monoisotopic (exact) mass is 466 g/mol. The Morgan fingerprint density at radius 1 is 0.800 bits per heavy atom. The molecule has 0 aromatic heterocycles. The molecule has 2 fully saturated rings. The Kier molecular flexibility index (Phi) is 6.28. The van der Waals surface area contributed by atoms with E-state index in [0.717, 1.165) is 12.8 Å². The van der Waals surface area contributed by atoms with Crippen LogP contribution in [0.2, 0.25) is 0 Å². The molecule has 3 heteroatoms. The van der Waals surface area contributed by atoms with Crippen LogP contribution >= 0.6 is 0 Å². The summed E-state index contributed by atoms with van der Waals surface area (Å²) in [5.74, 6) is 1.15. The zero-order chi connectivity index (χ0) is 23.7. The number of fused-ring (bicyclic) bond motifs is 1. The molecule has 2 aliphatic heterocycles. The topological polar surface area (TPSA) is 35.5 Å². The standard InChI is InChI=1S/C32H38N2O/c35-28-12-14-30-26(23-28)9-13-29(24-5-2-1-3-6-24)31(30)25-7-10-27(11-8-25)34-21-4-15-32(18-22-34)16-19-33-20-17-32/h1-3,5-8,10-12,14,23,29,31,33,35H,4,9,13,15-22H2/t29-,31+/m1/s1. The minimum atomic E-state index is 0.318. The molecule has 2 atom stereocenters. The smallest absolute Gasteiger partial charge is 0.115 e. The predicted octanol–water partition coefficient (Wildman–Crippen LogP) is 6.61. The lowest BCUT2D eigenvalue weighted by Crippen LogP contribution is -2.37. The van der Waals surface area contributed by atoms with Crippen molar-refractivity contribution >= 4 is 5.69 Å². The van der Waals surface area contributed by atoms with Gasteiger partial charge in [-0.15, -0.1) is 0 Å². The second-order valence-electron chi connectivity index (χ2n) is 11.1. The third kappa shape index (κ3) is 4.59. The van der Waals surface area contributed by atoms with Crippen LogP contribution < -0.4 is 10.2 Å². The van der Waals surface area contributed by atoms with Crippen LogP contribution in [0.15, 0.2) is 72.8 Å². The molecule has 35 heavy (non-hydrogen) atoms. The molecule has 6 rings (SSSR count). The van der Waals surface area contributed by atoms with Gasteiger partial charge in [0, 0.05) is 24.7 Å². The Morgan fingerprint density at radius 2 is 1.60 bits per heavy atom. The Balaban J connectivity index is 1.27. The van der Waals surface area contributed by atoms with Gasteiger partial charge in [0.25, 0.3) is 0 Å². The Hall–Kier alpha value is -2.78. The molecule has 0 radical (unpaired) electrons. The van der Waals surface area contributed by atoms with E-state index in [4.69, 9.17) is 0 Å². The molecule has 3 nitrogen and oxygen atoms in total. The fourth-order valence-corrected chi connectivity index (χ4v) is 7.14. The molecule has 3 aromatic rings. The van der Waals surface area contributed by atoms with Crippen LogP contribution in [-0.4, -0.2) is 31.3 Å². The fourth-order valence-electron chi connectivity index (χ4n) is 7.14. The molecule has 1 aliphatic carbocycles. The molecule has 3 aromatic carbocycles. The first-order chi connectivity index (χ1) is 17.2.